The van der Waals surface area contributed by atoms with Crippen molar-refractivity contribution in [1.82, 2.24) is 4.98 Å². The first-order chi connectivity index (χ1) is 9.26. The molecule has 0 spiro atoms. The number of nitrogens with zero attached hydrogens (tertiary/aromatic N) is 1. The molecule has 1 aromatic carbocycles. The summed E-state index contributed by atoms with van der Waals surface area (Å²) in [4.78, 5) is 15.2. The maximum atomic E-state index is 10.8. The van der Waals surface area contributed by atoms with E-state index in [1.54, 1.807) is 6.07 Å². The molecule has 0 radical (unpaired) electrons. The fraction of sp³-hybridized carbons (Fsp3) is 0.429. The van der Waals surface area contributed by atoms with E-state index in [2.05, 4.69) is 10.3 Å². The van der Waals surface area contributed by atoms with Crippen molar-refractivity contribution in [2.75, 3.05) is 5.32 Å². The standard InChI is InChI=1S/C14H16N2O2S/c17-8-9-5-6-11-13(7-9)19-14(16-11)15-10-3-1-2-4-12(10)18/h5-8,10,12,18H,1-4H2,(H,15,16)/t10-,12-/m1/s1. The van der Waals surface area contributed by atoms with Gasteiger partial charge in [-0.3, -0.25) is 4.79 Å². The van der Waals surface area contributed by atoms with E-state index in [4.69, 9.17) is 0 Å². The number of hydrogen-bond acceptors (Lipinski definition) is 5. The van der Waals surface area contributed by atoms with Gasteiger partial charge in [0, 0.05) is 5.56 Å². The Kier molecular flexibility index (Phi) is 3.48. The minimum absolute atomic E-state index is 0.0971. The third kappa shape index (κ3) is 2.62. The van der Waals surface area contributed by atoms with E-state index in [0.717, 1.165) is 47.3 Å². The van der Waals surface area contributed by atoms with Crippen LogP contribution in [0.4, 0.5) is 5.13 Å². The first kappa shape index (κ1) is 12.6. The maximum absolute atomic E-state index is 10.8. The molecule has 0 bridgehead atoms. The Morgan fingerprint density at radius 2 is 2.21 bits per heavy atom. The summed E-state index contributed by atoms with van der Waals surface area (Å²) in [6.45, 7) is 0. The van der Waals surface area contributed by atoms with Gasteiger partial charge >= 0.3 is 0 Å². The molecular formula is C14H16N2O2S. The zero-order valence-electron chi connectivity index (χ0n) is 10.5. The van der Waals surface area contributed by atoms with Crippen molar-refractivity contribution in [2.24, 2.45) is 0 Å². The lowest BCUT2D eigenvalue weighted by Crippen LogP contribution is -2.36. The van der Waals surface area contributed by atoms with Crippen LogP contribution in [-0.2, 0) is 0 Å². The number of rotatable bonds is 3. The van der Waals surface area contributed by atoms with Crippen molar-refractivity contribution in [1.29, 1.82) is 0 Å². The van der Waals surface area contributed by atoms with Crippen LogP contribution in [0.25, 0.3) is 10.2 Å². The van der Waals surface area contributed by atoms with Gasteiger partial charge in [-0.2, -0.15) is 0 Å². The first-order valence-corrected chi connectivity index (χ1v) is 7.38. The number of anilines is 1. The maximum Gasteiger partial charge on any atom is 0.184 e. The molecule has 1 aliphatic rings. The van der Waals surface area contributed by atoms with Gasteiger partial charge in [-0.1, -0.05) is 24.2 Å². The number of nitrogens with one attached hydrogen (secondary N) is 1. The lowest BCUT2D eigenvalue weighted by atomic mass is 9.93. The Balaban J connectivity index is 1.82. The van der Waals surface area contributed by atoms with Gasteiger partial charge in [0.15, 0.2) is 5.13 Å². The summed E-state index contributed by atoms with van der Waals surface area (Å²) >= 11 is 1.53. The molecule has 1 aliphatic carbocycles. The number of hydrogen-bond donors (Lipinski definition) is 2. The molecule has 2 atom stereocenters. The van der Waals surface area contributed by atoms with E-state index in [1.807, 2.05) is 12.1 Å². The van der Waals surface area contributed by atoms with Crippen molar-refractivity contribution in [3.05, 3.63) is 23.8 Å². The van der Waals surface area contributed by atoms with Crippen LogP contribution in [0.2, 0.25) is 0 Å². The number of benzene rings is 1. The second-order valence-electron chi connectivity index (χ2n) is 4.97. The van der Waals surface area contributed by atoms with E-state index < -0.39 is 0 Å². The summed E-state index contributed by atoms with van der Waals surface area (Å²) in [6.07, 6.45) is 4.65. The van der Waals surface area contributed by atoms with Crippen LogP contribution in [-0.4, -0.2) is 28.5 Å². The van der Waals surface area contributed by atoms with Gasteiger partial charge in [-0.25, -0.2) is 4.98 Å². The highest BCUT2D eigenvalue weighted by Gasteiger charge is 2.23. The second-order valence-corrected chi connectivity index (χ2v) is 6.00. The van der Waals surface area contributed by atoms with Crippen molar-refractivity contribution in [3.8, 4) is 0 Å². The van der Waals surface area contributed by atoms with E-state index in [0.29, 0.717) is 5.56 Å². The molecule has 0 amide bonds. The van der Waals surface area contributed by atoms with Gasteiger partial charge < -0.3 is 10.4 Å². The smallest absolute Gasteiger partial charge is 0.184 e. The summed E-state index contributed by atoms with van der Waals surface area (Å²) in [6, 6.07) is 5.58. The molecule has 1 heterocycles. The molecule has 0 unspecified atom stereocenters. The number of aliphatic hydroxyl groups excluding tert-OH is 1. The summed E-state index contributed by atoms with van der Waals surface area (Å²) in [5.74, 6) is 0. The predicted octanol–water partition coefficient (Wildman–Crippen LogP) is 2.82. The quantitative estimate of drug-likeness (QED) is 0.846. The van der Waals surface area contributed by atoms with Crippen LogP contribution in [0.5, 0.6) is 0 Å². The fourth-order valence-electron chi connectivity index (χ4n) is 2.51. The average molecular weight is 276 g/mol. The molecule has 0 saturated heterocycles. The molecule has 1 saturated carbocycles. The number of thiazole rings is 1. The first-order valence-electron chi connectivity index (χ1n) is 6.56. The van der Waals surface area contributed by atoms with Crippen LogP contribution in [0.15, 0.2) is 18.2 Å². The number of aromatic nitrogens is 1. The predicted molar refractivity (Wildman–Crippen MR) is 76.9 cm³/mol. The molecule has 3 rings (SSSR count). The van der Waals surface area contributed by atoms with Crippen molar-refractivity contribution < 1.29 is 9.90 Å². The van der Waals surface area contributed by atoms with Crippen LogP contribution in [0.1, 0.15) is 36.0 Å². The van der Waals surface area contributed by atoms with Gasteiger partial charge in [0.2, 0.25) is 0 Å². The van der Waals surface area contributed by atoms with E-state index in [9.17, 15) is 9.90 Å². The third-order valence-electron chi connectivity index (χ3n) is 3.59. The van der Waals surface area contributed by atoms with Gasteiger partial charge in [-0.05, 0) is 31.0 Å². The highest BCUT2D eigenvalue weighted by atomic mass is 32.1. The molecule has 19 heavy (non-hydrogen) atoms. The number of aliphatic hydroxyl groups is 1. The number of carbonyl (C=O) groups excluding carboxylic acids is 1. The van der Waals surface area contributed by atoms with Crippen molar-refractivity contribution in [2.45, 2.75) is 37.8 Å². The monoisotopic (exact) mass is 276 g/mol. The van der Waals surface area contributed by atoms with Gasteiger partial charge in [0.05, 0.1) is 22.4 Å². The highest BCUT2D eigenvalue weighted by molar-refractivity contribution is 7.22. The minimum Gasteiger partial charge on any atom is -0.391 e. The zero-order valence-corrected chi connectivity index (χ0v) is 11.3. The second kappa shape index (κ2) is 5.27. The lowest BCUT2D eigenvalue weighted by Gasteiger charge is -2.27. The molecule has 1 aromatic heterocycles. The molecule has 2 N–H and O–H groups in total. The third-order valence-corrected chi connectivity index (χ3v) is 4.54. The molecule has 1 fully saturated rings. The van der Waals surface area contributed by atoms with Crippen LogP contribution in [0.3, 0.4) is 0 Å². The van der Waals surface area contributed by atoms with E-state index in [-0.39, 0.29) is 12.1 Å². The van der Waals surface area contributed by atoms with Crippen LogP contribution < -0.4 is 5.32 Å². The highest BCUT2D eigenvalue weighted by Crippen LogP contribution is 2.29. The minimum atomic E-state index is -0.286. The normalized spacial score (nSPS) is 23.4. The van der Waals surface area contributed by atoms with Gasteiger partial charge in [0.25, 0.3) is 0 Å². The number of aldehydes is 1. The summed E-state index contributed by atoms with van der Waals surface area (Å²) in [5, 5.41) is 14.1. The van der Waals surface area contributed by atoms with Crippen molar-refractivity contribution in [3.63, 3.8) is 0 Å². The summed E-state index contributed by atoms with van der Waals surface area (Å²) in [5.41, 5.74) is 1.56. The zero-order chi connectivity index (χ0) is 13.2. The Labute approximate surface area is 115 Å². The molecule has 4 nitrogen and oxygen atoms in total. The lowest BCUT2D eigenvalue weighted by molar-refractivity contribution is 0.112. The molecule has 0 aliphatic heterocycles. The summed E-state index contributed by atoms with van der Waals surface area (Å²) in [7, 11) is 0. The largest absolute Gasteiger partial charge is 0.391 e. The van der Waals surface area contributed by atoms with Gasteiger partial charge in [-0.15, -0.1) is 0 Å². The molecular weight excluding hydrogens is 260 g/mol. The summed E-state index contributed by atoms with van der Waals surface area (Å²) < 4.78 is 0.998. The number of carbonyl (C=O) groups is 1. The Morgan fingerprint density at radius 3 is 3.00 bits per heavy atom. The van der Waals surface area contributed by atoms with Gasteiger partial charge in [0.1, 0.15) is 6.29 Å². The molecule has 100 valence electrons. The molecule has 2 aromatic rings. The van der Waals surface area contributed by atoms with E-state index in [1.165, 1.54) is 11.3 Å². The average Bonchev–Trinajstić information content (AvgIpc) is 2.82. The molecule has 5 heteroatoms. The van der Waals surface area contributed by atoms with E-state index >= 15 is 0 Å². The number of fused-ring (bicyclic) bond motifs is 1. The SMILES string of the molecule is O=Cc1ccc2nc(N[C@@H]3CCCC[C@H]3O)sc2c1. The fourth-order valence-corrected chi connectivity index (χ4v) is 3.49. The van der Waals surface area contributed by atoms with Crippen LogP contribution in [0, 0.1) is 0 Å². The van der Waals surface area contributed by atoms with Crippen LogP contribution >= 0.6 is 11.3 Å². The Bertz CT molecular complexity index is 596. The Morgan fingerprint density at radius 1 is 1.37 bits per heavy atom. The Hall–Kier alpha value is -1.46. The van der Waals surface area contributed by atoms with Crippen molar-refractivity contribution >= 4 is 33.0 Å². The topological polar surface area (TPSA) is 62.2 Å².